The van der Waals surface area contributed by atoms with E-state index < -0.39 is 8.07 Å². The summed E-state index contributed by atoms with van der Waals surface area (Å²) in [4.78, 5) is 0. The summed E-state index contributed by atoms with van der Waals surface area (Å²) < 4.78 is 18.5. The van der Waals surface area contributed by atoms with Gasteiger partial charge in [-0.05, 0) is 158 Å². The van der Waals surface area contributed by atoms with Gasteiger partial charge in [0.15, 0.2) is 8.07 Å². The number of hydrogen-bond donors (Lipinski definition) is 0. The van der Waals surface area contributed by atoms with Crippen molar-refractivity contribution in [3.8, 4) is 11.4 Å². The average Bonchev–Trinajstić information content (AvgIpc) is 4.28. The Kier molecular flexibility index (Phi) is 10.5. The van der Waals surface area contributed by atoms with Crippen molar-refractivity contribution in [2.75, 3.05) is 0 Å². The molecule has 0 N–H and O–H groups in total. The SMILES string of the molecule is Cc1ccc2c(c1)c1cc(C(C)(C)C)ccc1n2-c1ccc2oc3ccc([Si](c4ccccc4)(c4ccccc4)c4ccc5oc6ccc(-n7c8ccc(C(C)(C)C)cc8c8cc(C(C)(C)C)ccc87)cc6c5c4)cc3c2c1. The van der Waals surface area contributed by atoms with Crippen LogP contribution in [0.4, 0.5) is 0 Å². The summed E-state index contributed by atoms with van der Waals surface area (Å²) in [5, 5.41) is 14.7. The quantitative estimate of drug-likeness (QED) is 0.123. The molecule has 0 aliphatic carbocycles. The van der Waals surface area contributed by atoms with Gasteiger partial charge in [0.25, 0.3) is 0 Å². The van der Waals surface area contributed by atoms with Gasteiger partial charge in [-0.2, -0.15) is 0 Å². The van der Waals surface area contributed by atoms with Crippen molar-refractivity contribution in [1.82, 2.24) is 9.13 Å². The Morgan fingerprint density at radius 2 is 0.628 bits per heavy atom. The first-order valence-corrected chi connectivity index (χ1v) is 29.6. The van der Waals surface area contributed by atoms with Crippen molar-refractivity contribution < 1.29 is 8.83 Å². The predicted molar refractivity (Wildman–Crippen MR) is 334 cm³/mol. The molecule has 0 spiro atoms. The molecule has 14 rings (SSSR count). The molecule has 4 aromatic heterocycles. The van der Waals surface area contributed by atoms with E-state index in [2.05, 4.69) is 285 Å². The number of fused-ring (bicyclic) bond motifs is 12. The fourth-order valence-corrected chi connectivity index (χ4v) is 17.5. The second-order valence-corrected chi connectivity index (χ2v) is 28.9. The van der Waals surface area contributed by atoms with Gasteiger partial charge in [0.05, 0.1) is 22.1 Å². The van der Waals surface area contributed by atoms with Crippen LogP contribution in [-0.4, -0.2) is 17.2 Å². The number of hydrogen-bond acceptors (Lipinski definition) is 2. The standard InChI is InChI=1S/C73H64N2O2Si/c1-45-21-29-63-55(37-45)56-38-46(71(2,3)4)22-30-64(56)74(63)49-25-33-67-59(41-49)61-43-53(27-35-69(61)76-67)78(51-17-13-11-14-18-51,52-19-15-12-16-20-52)54-28-36-70-62(44-54)60-42-50(26-34-68(60)77-70)75-65-31-23-47(72(5,6)7)39-57(65)58-40-48(73(8,9)10)24-32-66(58)75/h11-44H,1-10H3. The molecule has 0 amide bonds. The van der Waals surface area contributed by atoms with Gasteiger partial charge in [0.1, 0.15) is 22.3 Å². The zero-order chi connectivity index (χ0) is 53.6. The van der Waals surface area contributed by atoms with E-state index in [-0.39, 0.29) is 16.2 Å². The Morgan fingerprint density at radius 1 is 0.295 bits per heavy atom. The van der Waals surface area contributed by atoms with Crippen molar-refractivity contribution in [1.29, 1.82) is 0 Å². The van der Waals surface area contributed by atoms with Crippen molar-refractivity contribution in [3.05, 3.63) is 229 Å². The maximum Gasteiger partial charge on any atom is 0.179 e. The lowest BCUT2D eigenvalue weighted by Gasteiger charge is -2.34. The van der Waals surface area contributed by atoms with Crippen molar-refractivity contribution in [2.45, 2.75) is 85.5 Å². The molecule has 0 aliphatic heterocycles. The number of rotatable bonds is 6. The van der Waals surface area contributed by atoms with Crippen LogP contribution in [0.5, 0.6) is 0 Å². The average molecular weight is 1030 g/mol. The topological polar surface area (TPSA) is 36.1 Å². The molecule has 0 fully saturated rings. The fourth-order valence-electron chi connectivity index (χ4n) is 12.8. The van der Waals surface area contributed by atoms with Crippen LogP contribution < -0.4 is 20.7 Å². The van der Waals surface area contributed by atoms with E-state index in [4.69, 9.17) is 8.83 Å². The number of nitrogens with zero attached hydrogens (tertiary/aromatic N) is 2. The minimum absolute atomic E-state index is 0.0151. The Balaban J connectivity index is 0.984. The van der Waals surface area contributed by atoms with E-state index in [1.165, 1.54) is 86.6 Å². The Bertz CT molecular complexity index is 4620. The van der Waals surface area contributed by atoms with Crippen LogP contribution in [0.25, 0.3) is 98.9 Å². The van der Waals surface area contributed by atoms with Crippen LogP contribution in [0.3, 0.4) is 0 Å². The zero-order valence-electron chi connectivity index (χ0n) is 46.3. The summed E-state index contributed by atoms with van der Waals surface area (Å²) in [5.41, 5.74) is 15.8. The highest BCUT2D eigenvalue weighted by atomic mass is 28.3. The summed E-state index contributed by atoms with van der Waals surface area (Å²) in [6.07, 6.45) is 0. The first-order valence-electron chi connectivity index (χ1n) is 27.6. The van der Waals surface area contributed by atoms with Crippen molar-refractivity contribution in [3.63, 3.8) is 0 Å². The molecule has 0 atom stereocenters. The molecule has 4 nitrogen and oxygen atoms in total. The molecule has 0 aliphatic rings. The van der Waals surface area contributed by atoms with Crippen molar-refractivity contribution in [2.24, 2.45) is 0 Å². The summed E-state index contributed by atoms with van der Waals surface area (Å²) in [6.45, 7) is 22.9. The fraction of sp³-hybridized carbons (Fsp3) is 0.178. The van der Waals surface area contributed by atoms with E-state index >= 15 is 0 Å². The first kappa shape index (κ1) is 48.0. The molecule has 382 valence electrons. The van der Waals surface area contributed by atoms with Crippen molar-refractivity contribution >= 4 is 116 Å². The van der Waals surface area contributed by atoms with Gasteiger partial charge in [-0.15, -0.1) is 0 Å². The van der Waals surface area contributed by atoms with Gasteiger partial charge < -0.3 is 18.0 Å². The number of aryl methyl sites for hydroxylation is 1. The van der Waals surface area contributed by atoms with Crippen LogP contribution in [0.2, 0.25) is 0 Å². The monoisotopic (exact) mass is 1030 g/mol. The molecule has 4 heterocycles. The van der Waals surface area contributed by atoms with E-state index in [1.807, 2.05) is 0 Å². The van der Waals surface area contributed by atoms with E-state index in [0.717, 1.165) is 55.3 Å². The third-order valence-corrected chi connectivity index (χ3v) is 21.7. The number of benzene rings is 10. The number of aromatic nitrogens is 2. The Labute approximate surface area is 457 Å². The van der Waals surface area contributed by atoms with E-state index in [0.29, 0.717) is 0 Å². The highest BCUT2D eigenvalue weighted by Gasteiger charge is 2.42. The van der Waals surface area contributed by atoms with Crippen LogP contribution in [0.15, 0.2) is 215 Å². The molecule has 78 heavy (non-hydrogen) atoms. The van der Waals surface area contributed by atoms with Gasteiger partial charge in [-0.3, -0.25) is 0 Å². The predicted octanol–water partition coefficient (Wildman–Crippen LogP) is 17.3. The van der Waals surface area contributed by atoms with Crippen LogP contribution in [0, 0.1) is 6.92 Å². The van der Waals surface area contributed by atoms with Gasteiger partial charge in [-0.25, -0.2) is 0 Å². The van der Waals surface area contributed by atoms with E-state index in [9.17, 15) is 0 Å². The second-order valence-electron chi connectivity index (χ2n) is 25.1. The maximum absolute atomic E-state index is 6.80. The lowest BCUT2D eigenvalue weighted by Crippen LogP contribution is -2.74. The normalized spacial score (nSPS) is 13.0. The van der Waals surface area contributed by atoms with Gasteiger partial charge >= 0.3 is 0 Å². The summed E-state index contributed by atoms with van der Waals surface area (Å²) in [7, 11) is -3.10. The van der Waals surface area contributed by atoms with Crippen LogP contribution >= 0.6 is 0 Å². The van der Waals surface area contributed by atoms with Gasteiger partial charge in [0, 0.05) is 54.5 Å². The van der Waals surface area contributed by atoms with Crippen LogP contribution in [-0.2, 0) is 16.2 Å². The highest BCUT2D eigenvalue weighted by Crippen LogP contribution is 2.41. The Hall–Kier alpha value is -8.38. The molecule has 0 bridgehead atoms. The zero-order valence-corrected chi connectivity index (χ0v) is 47.3. The smallest absolute Gasteiger partial charge is 0.179 e. The minimum Gasteiger partial charge on any atom is -0.456 e. The molecule has 0 radical (unpaired) electrons. The highest BCUT2D eigenvalue weighted by molar-refractivity contribution is 7.20. The second kappa shape index (κ2) is 17.1. The minimum atomic E-state index is -3.10. The third kappa shape index (κ3) is 7.38. The maximum atomic E-state index is 6.80. The molecule has 0 saturated heterocycles. The largest absolute Gasteiger partial charge is 0.456 e. The van der Waals surface area contributed by atoms with Gasteiger partial charge in [-0.1, -0.05) is 177 Å². The first-order chi connectivity index (χ1) is 37.4. The summed E-state index contributed by atoms with van der Waals surface area (Å²) >= 11 is 0. The molecule has 14 aromatic rings. The lowest BCUT2D eigenvalue weighted by molar-refractivity contribution is 0.590. The Morgan fingerprint density at radius 3 is 1.00 bits per heavy atom. The molecule has 0 unspecified atom stereocenters. The molecule has 5 heteroatoms. The molecular weight excluding hydrogens is 965 g/mol. The van der Waals surface area contributed by atoms with Gasteiger partial charge in [0.2, 0.25) is 0 Å². The molecular formula is C73H64N2O2Si. The molecule has 0 saturated carbocycles. The molecule has 10 aromatic carbocycles. The van der Waals surface area contributed by atoms with Crippen LogP contribution in [0.1, 0.15) is 84.6 Å². The summed E-state index contributed by atoms with van der Waals surface area (Å²) in [6, 6.07) is 78.0. The number of furan rings is 2. The lowest BCUT2D eigenvalue weighted by atomic mass is 9.85. The van der Waals surface area contributed by atoms with E-state index in [1.54, 1.807) is 0 Å². The third-order valence-electron chi connectivity index (χ3n) is 17.0. The summed E-state index contributed by atoms with van der Waals surface area (Å²) in [5.74, 6) is 0.